The molecule has 3 rings (SSSR count). The predicted molar refractivity (Wildman–Crippen MR) is 88.5 cm³/mol. The Hall–Kier alpha value is -1.53. The van der Waals surface area contributed by atoms with Gasteiger partial charge in [0, 0.05) is 18.2 Å². The van der Waals surface area contributed by atoms with Crippen molar-refractivity contribution in [3.05, 3.63) is 29.8 Å². The van der Waals surface area contributed by atoms with Crippen molar-refractivity contribution < 1.29 is 5.11 Å². The SMILES string of the molecule is CC(C)n1nc(C2CC2)cc1CNc1cnn(CCO)c1.Cl. The highest BCUT2D eigenvalue weighted by Crippen LogP contribution is 2.39. The number of anilines is 1. The van der Waals surface area contributed by atoms with E-state index in [1.807, 2.05) is 6.20 Å². The zero-order valence-corrected chi connectivity index (χ0v) is 13.9. The second-order valence-electron chi connectivity index (χ2n) is 5.94. The van der Waals surface area contributed by atoms with E-state index in [-0.39, 0.29) is 19.0 Å². The van der Waals surface area contributed by atoms with E-state index in [4.69, 9.17) is 10.2 Å². The Bertz CT molecular complexity index is 603. The van der Waals surface area contributed by atoms with Gasteiger partial charge in [-0.3, -0.25) is 9.36 Å². The summed E-state index contributed by atoms with van der Waals surface area (Å²) in [6.45, 7) is 5.69. The highest BCUT2D eigenvalue weighted by molar-refractivity contribution is 5.85. The van der Waals surface area contributed by atoms with Crippen LogP contribution in [0.2, 0.25) is 0 Å². The first-order chi connectivity index (χ1) is 10.2. The van der Waals surface area contributed by atoms with Crippen LogP contribution >= 0.6 is 12.4 Å². The minimum Gasteiger partial charge on any atom is -0.394 e. The number of aliphatic hydroxyl groups excluding tert-OH is 1. The molecule has 0 bridgehead atoms. The Labute approximate surface area is 136 Å². The maximum atomic E-state index is 8.90. The van der Waals surface area contributed by atoms with Crippen LogP contribution in [0.15, 0.2) is 18.5 Å². The summed E-state index contributed by atoms with van der Waals surface area (Å²) in [5, 5.41) is 21.2. The second-order valence-corrected chi connectivity index (χ2v) is 5.94. The molecule has 0 amide bonds. The van der Waals surface area contributed by atoms with Gasteiger partial charge in [-0.15, -0.1) is 12.4 Å². The smallest absolute Gasteiger partial charge is 0.0729 e. The number of nitrogens with zero attached hydrogens (tertiary/aromatic N) is 4. The Balaban J connectivity index is 0.00000176. The van der Waals surface area contributed by atoms with Crippen LogP contribution in [0.3, 0.4) is 0 Å². The first-order valence-corrected chi connectivity index (χ1v) is 7.63. The molecule has 0 unspecified atom stereocenters. The predicted octanol–water partition coefficient (Wildman–Crippen LogP) is 2.56. The Morgan fingerprint density at radius 3 is 2.82 bits per heavy atom. The molecule has 1 fully saturated rings. The molecular formula is C15H24ClN5O. The van der Waals surface area contributed by atoms with Crippen LogP contribution in [-0.2, 0) is 13.1 Å². The van der Waals surface area contributed by atoms with Gasteiger partial charge in [-0.1, -0.05) is 0 Å². The van der Waals surface area contributed by atoms with Crippen LogP contribution in [0.25, 0.3) is 0 Å². The van der Waals surface area contributed by atoms with E-state index >= 15 is 0 Å². The van der Waals surface area contributed by atoms with Gasteiger partial charge in [-0.25, -0.2) is 0 Å². The van der Waals surface area contributed by atoms with Crippen molar-refractivity contribution in [2.45, 2.75) is 51.7 Å². The van der Waals surface area contributed by atoms with Crippen LogP contribution in [-0.4, -0.2) is 31.3 Å². The van der Waals surface area contributed by atoms with Crippen LogP contribution < -0.4 is 5.32 Å². The summed E-state index contributed by atoms with van der Waals surface area (Å²) in [4.78, 5) is 0. The number of aliphatic hydroxyl groups is 1. The van der Waals surface area contributed by atoms with E-state index in [0.717, 1.165) is 12.2 Å². The molecule has 0 atom stereocenters. The lowest BCUT2D eigenvalue weighted by Crippen LogP contribution is -2.11. The summed E-state index contributed by atoms with van der Waals surface area (Å²) >= 11 is 0. The van der Waals surface area contributed by atoms with E-state index < -0.39 is 0 Å². The fourth-order valence-electron chi connectivity index (χ4n) is 2.48. The Morgan fingerprint density at radius 1 is 1.41 bits per heavy atom. The van der Waals surface area contributed by atoms with E-state index in [1.165, 1.54) is 24.2 Å². The van der Waals surface area contributed by atoms with Crippen LogP contribution in [0, 0.1) is 0 Å². The minimum atomic E-state index is 0. The quantitative estimate of drug-likeness (QED) is 0.821. The average molecular weight is 326 g/mol. The molecule has 2 N–H and O–H groups in total. The molecule has 2 heterocycles. The summed E-state index contributed by atoms with van der Waals surface area (Å²) in [7, 11) is 0. The van der Waals surface area contributed by atoms with Crippen LogP contribution in [0.5, 0.6) is 0 Å². The molecule has 0 aliphatic heterocycles. The number of halogens is 1. The molecule has 0 radical (unpaired) electrons. The van der Waals surface area contributed by atoms with Gasteiger partial charge in [0.15, 0.2) is 0 Å². The number of hydrogen-bond donors (Lipinski definition) is 2. The Kier molecular flexibility index (Phi) is 5.47. The Morgan fingerprint density at radius 2 is 2.18 bits per heavy atom. The van der Waals surface area contributed by atoms with E-state index in [2.05, 4.69) is 35.0 Å². The zero-order valence-electron chi connectivity index (χ0n) is 13.1. The normalized spacial score (nSPS) is 14.2. The van der Waals surface area contributed by atoms with Crippen molar-refractivity contribution in [1.29, 1.82) is 0 Å². The summed E-state index contributed by atoms with van der Waals surface area (Å²) in [5.74, 6) is 0.677. The molecule has 0 saturated heterocycles. The molecule has 1 saturated carbocycles. The van der Waals surface area contributed by atoms with E-state index in [1.54, 1.807) is 10.9 Å². The summed E-state index contributed by atoms with van der Waals surface area (Å²) in [6.07, 6.45) is 6.24. The number of hydrogen-bond acceptors (Lipinski definition) is 4. The van der Waals surface area contributed by atoms with Gasteiger partial charge in [0.05, 0.1) is 43.0 Å². The molecule has 122 valence electrons. The van der Waals surface area contributed by atoms with E-state index in [9.17, 15) is 0 Å². The third-order valence-corrected chi connectivity index (χ3v) is 3.75. The molecule has 1 aliphatic carbocycles. The first-order valence-electron chi connectivity index (χ1n) is 7.63. The molecule has 0 spiro atoms. The summed E-state index contributed by atoms with van der Waals surface area (Å²) in [5.41, 5.74) is 3.41. The summed E-state index contributed by atoms with van der Waals surface area (Å²) in [6, 6.07) is 2.59. The van der Waals surface area contributed by atoms with Gasteiger partial charge in [0.2, 0.25) is 0 Å². The molecule has 22 heavy (non-hydrogen) atoms. The maximum Gasteiger partial charge on any atom is 0.0729 e. The van der Waals surface area contributed by atoms with Crippen LogP contribution in [0.1, 0.15) is 50.0 Å². The topological polar surface area (TPSA) is 67.9 Å². The molecule has 2 aromatic heterocycles. The molecule has 2 aromatic rings. The number of rotatable bonds is 7. The standard InChI is InChI=1S/C15H23N5O.ClH/c1-11(2)20-14(7-15(18-20)12-3-4-12)9-16-13-8-17-19(10-13)5-6-21;/h7-8,10-12,16,21H,3-6,9H2,1-2H3;1H. The average Bonchev–Trinajstić information content (AvgIpc) is 3.06. The lowest BCUT2D eigenvalue weighted by atomic mass is 10.2. The van der Waals surface area contributed by atoms with Gasteiger partial charge in [0.1, 0.15) is 0 Å². The molecule has 1 aliphatic rings. The van der Waals surface area contributed by atoms with Crippen LogP contribution in [0.4, 0.5) is 5.69 Å². The third kappa shape index (κ3) is 3.81. The van der Waals surface area contributed by atoms with Crippen molar-refractivity contribution in [3.63, 3.8) is 0 Å². The monoisotopic (exact) mass is 325 g/mol. The van der Waals surface area contributed by atoms with Crippen molar-refractivity contribution in [3.8, 4) is 0 Å². The molecular weight excluding hydrogens is 302 g/mol. The first kappa shape index (κ1) is 16.8. The minimum absolute atomic E-state index is 0. The van der Waals surface area contributed by atoms with Crippen molar-refractivity contribution >= 4 is 18.1 Å². The van der Waals surface area contributed by atoms with Crippen molar-refractivity contribution in [2.24, 2.45) is 0 Å². The molecule has 6 nitrogen and oxygen atoms in total. The highest BCUT2D eigenvalue weighted by atomic mass is 35.5. The van der Waals surface area contributed by atoms with Gasteiger partial charge in [-0.2, -0.15) is 10.2 Å². The lowest BCUT2D eigenvalue weighted by molar-refractivity contribution is 0.269. The van der Waals surface area contributed by atoms with Gasteiger partial charge in [0.25, 0.3) is 0 Å². The maximum absolute atomic E-state index is 8.90. The lowest BCUT2D eigenvalue weighted by Gasteiger charge is -2.11. The highest BCUT2D eigenvalue weighted by Gasteiger charge is 2.27. The van der Waals surface area contributed by atoms with Crippen molar-refractivity contribution in [1.82, 2.24) is 19.6 Å². The largest absolute Gasteiger partial charge is 0.394 e. The zero-order chi connectivity index (χ0) is 14.8. The van der Waals surface area contributed by atoms with Gasteiger partial charge >= 0.3 is 0 Å². The van der Waals surface area contributed by atoms with Crippen molar-refractivity contribution in [2.75, 3.05) is 11.9 Å². The molecule has 0 aromatic carbocycles. The second kappa shape index (κ2) is 7.15. The van der Waals surface area contributed by atoms with Gasteiger partial charge < -0.3 is 10.4 Å². The number of nitrogens with one attached hydrogen (secondary N) is 1. The third-order valence-electron chi connectivity index (χ3n) is 3.75. The summed E-state index contributed by atoms with van der Waals surface area (Å²) < 4.78 is 3.84. The fraction of sp³-hybridized carbons (Fsp3) is 0.600. The fourth-order valence-corrected chi connectivity index (χ4v) is 2.48. The number of aromatic nitrogens is 4. The van der Waals surface area contributed by atoms with Gasteiger partial charge in [-0.05, 0) is 32.8 Å². The van der Waals surface area contributed by atoms with E-state index in [0.29, 0.717) is 18.5 Å². The molecule has 7 heteroatoms.